The minimum Gasteiger partial charge on any atom is -0.496 e. The van der Waals surface area contributed by atoms with Gasteiger partial charge in [0.2, 0.25) is 0 Å². The van der Waals surface area contributed by atoms with Crippen molar-refractivity contribution in [3.63, 3.8) is 0 Å². The number of ether oxygens (including phenoxy) is 1. The first-order chi connectivity index (χ1) is 10.3. The van der Waals surface area contributed by atoms with Gasteiger partial charge >= 0.3 is 0 Å². The number of benzene rings is 2. The summed E-state index contributed by atoms with van der Waals surface area (Å²) >= 11 is 2.00. The van der Waals surface area contributed by atoms with Gasteiger partial charge in [-0.1, -0.05) is 36.4 Å². The van der Waals surface area contributed by atoms with Crippen LogP contribution in [0.25, 0.3) is 0 Å². The van der Waals surface area contributed by atoms with E-state index in [0.29, 0.717) is 11.3 Å². The standard InChI is InChI=1S/C18H21NOS/c1-19-15(11-13-7-3-5-9-16(13)20-2)18-12-14-8-4-6-10-17(14)21-18/h3-10,15,18-19H,11-12H2,1-2H3. The Morgan fingerprint density at radius 3 is 2.71 bits per heavy atom. The second-order valence-corrected chi connectivity index (χ2v) is 6.66. The molecule has 3 heteroatoms. The van der Waals surface area contributed by atoms with Crippen LogP contribution in [0.5, 0.6) is 5.75 Å². The molecule has 1 aliphatic rings. The Hall–Kier alpha value is -1.45. The number of para-hydroxylation sites is 1. The highest BCUT2D eigenvalue weighted by Crippen LogP contribution is 2.39. The van der Waals surface area contributed by atoms with Crippen LogP contribution in [0.15, 0.2) is 53.4 Å². The maximum atomic E-state index is 5.48. The van der Waals surface area contributed by atoms with Crippen molar-refractivity contribution in [1.82, 2.24) is 5.32 Å². The zero-order valence-electron chi connectivity index (χ0n) is 12.5. The molecule has 0 saturated heterocycles. The normalized spacial score (nSPS) is 18.3. The molecular weight excluding hydrogens is 278 g/mol. The van der Waals surface area contributed by atoms with Crippen molar-refractivity contribution in [3.05, 3.63) is 59.7 Å². The number of methoxy groups -OCH3 is 1. The predicted molar refractivity (Wildman–Crippen MR) is 89.3 cm³/mol. The minimum atomic E-state index is 0.443. The number of rotatable bonds is 5. The Morgan fingerprint density at radius 2 is 1.95 bits per heavy atom. The highest BCUT2D eigenvalue weighted by atomic mass is 32.2. The lowest BCUT2D eigenvalue weighted by Gasteiger charge is -2.23. The van der Waals surface area contributed by atoms with Crippen molar-refractivity contribution in [2.75, 3.05) is 14.2 Å². The molecule has 0 spiro atoms. The molecule has 1 heterocycles. The fraction of sp³-hybridized carbons (Fsp3) is 0.333. The topological polar surface area (TPSA) is 21.3 Å². The number of hydrogen-bond acceptors (Lipinski definition) is 3. The molecule has 0 amide bonds. The number of likely N-dealkylation sites (N-methyl/N-ethyl adjacent to an activating group) is 1. The molecule has 2 aromatic rings. The molecule has 0 radical (unpaired) electrons. The highest BCUT2D eigenvalue weighted by molar-refractivity contribution is 8.00. The molecule has 0 saturated carbocycles. The van der Waals surface area contributed by atoms with Gasteiger partial charge < -0.3 is 10.1 Å². The second-order valence-electron chi connectivity index (χ2n) is 5.38. The van der Waals surface area contributed by atoms with Gasteiger partial charge in [0.15, 0.2) is 0 Å². The molecule has 2 nitrogen and oxygen atoms in total. The van der Waals surface area contributed by atoms with E-state index in [1.165, 1.54) is 16.0 Å². The van der Waals surface area contributed by atoms with E-state index in [9.17, 15) is 0 Å². The number of fused-ring (bicyclic) bond motifs is 1. The molecule has 110 valence electrons. The summed E-state index contributed by atoms with van der Waals surface area (Å²) in [5.41, 5.74) is 2.75. The Bertz CT molecular complexity index is 589. The van der Waals surface area contributed by atoms with Crippen LogP contribution in [0.1, 0.15) is 11.1 Å². The summed E-state index contributed by atoms with van der Waals surface area (Å²) < 4.78 is 5.48. The minimum absolute atomic E-state index is 0.443. The van der Waals surface area contributed by atoms with E-state index in [4.69, 9.17) is 4.74 Å². The third-order valence-electron chi connectivity index (χ3n) is 4.12. The van der Waals surface area contributed by atoms with Crippen molar-refractivity contribution in [2.24, 2.45) is 0 Å². The molecule has 0 bridgehead atoms. The zero-order chi connectivity index (χ0) is 14.7. The molecule has 0 fully saturated rings. The molecule has 0 aromatic heterocycles. The molecule has 0 aliphatic carbocycles. The number of nitrogens with one attached hydrogen (secondary N) is 1. The summed E-state index contributed by atoms with van der Waals surface area (Å²) in [7, 11) is 3.80. The Kier molecular flexibility index (Phi) is 4.51. The molecule has 21 heavy (non-hydrogen) atoms. The molecule has 2 atom stereocenters. The van der Waals surface area contributed by atoms with E-state index < -0.39 is 0 Å². The van der Waals surface area contributed by atoms with E-state index in [1.807, 2.05) is 23.9 Å². The average molecular weight is 299 g/mol. The van der Waals surface area contributed by atoms with Crippen LogP contribution in [0.4, 0.5) is 0 Å². The van der Waals surface area contributed by atoms with Crippen LogP contribution in [0.2, 0.25) is 0 Å². The van der Waals surface area contributed by atoms with E-state index in [0.717, 1.165) is 18.6 Å². The fourth-order valence-corrected chi connectivity index (χ4v) is 4.41. The van der Waals surface area contributed by atoms with Crippen LogP contribution in [0.3, 0.4) is 0 Å². The number of hydrogen-bond donors (Lipinski definition) is 1. The summed E-state index contributed by atoms with van der Waals surface area (Å²) in [5, 5.41) is 4.08. The fourth-order valence-electron chi connectivity index (χ4n) is 2.96. The second kappa shape index (κ2) is 6.54. The van der Waals surface area contributed by atoms with Gasteiger partial charge in [0.05, 0.1) is 7.11 Å². The number of thioether (sulfide) groups is 1. The van der Waals surface area contributed by atoms with Crippen molar-refractivity contribution < 1.29 is 4.74 Å². The van der Waals surface area contributed by atoms with Gasteiger partial charge in [0.25, 0.3) is 0 Å². The lowest BCUT2D eigenvalue weighted by molar-refractivity contribution is 0.405. The van der Waals surface area contributed by atoms with Gasteiger partial charge in [-0.25, -0.2) is 0 Å². The molecule has 3 rings (SSSR count). The van der Waals surface area contributed by atoms with Gasteiger partial charge in [-0.2, -0.15) is 0 Å². The lowest BCUT2D eigenvalue weighted by atomic mass is 9.98. The van der Waals surface area contributed by atoms with Crippen LogP contribution in [-0.2, 0) is 12.8 Å². The summed E-state index contributed by atoms with van der Waals surface area (Å²) in [5.74, 6) is 0.985. The molecule has 1 aliphatic heterocycles. The average Bonchev–Trinajstić information content (AvgIpc) is 2.96. The summed E-state index contributed by atoms with van der Waals surface area (Å²) in [6.07, 6.45) is 2.13. The summed E-state index contributed by atoms with van der Waals surface area (Å²) in [6.45, 7) is 0. The Labute approximate surface area is 130 Å². The van der Waals surface area contributed by atoms with Gasteiger partial charge in [0, 0.05) is 16.2 Å². The quantitative estimate of drug-likeness (QED) is 0.912. The van der Waals surface area contributed by atoms with E-state index >= 15 is 0 Å². The van der Waals surface area contributed by atoms with Crippen molar-refractivity contribution in [3.8, 4) is 5.75 Å². The molecule has 2 unspecified atom stereocenters. The monoisotopic (exact) mass is 299 g/mol. The summed E-state index contributed by atoms with van der Waals surface area (Å²) in [6, 6.07) is 17.5. The first kappa shape index (κ1) is 14.5. The first-order valence-electron chi connectivity index (χ1n) is 7.35. The van der Waals surface area contributed by atoms with Gasteiger partial charge in [-0.15, -0.1) is 11.8 Å². The maximum Gasteiger partial charge on any atom is 0.122 e. The smallest absolute Gasteiger partial charge is 0.122 e. The zero-order valence-corrected chi connectivity index (χ0v) is 13.3. The van der Waals surface area contributed by atoms with Gasteiger partial charge in [-0.05, 0) is 43.1 Å². The molecule has 2 aromatic carbocycles. The van der Waals surface area contributed by atoms with Crippen LogP contribution in [0, 0.1) is 0 Å². The molecule has 1 N–H and O–H groups in total. The highest BCUT2D eigenvalue weighted by Gasteiger charge is 2.29. The van der Waals surface area contributed by atoms with E-state index in [2.05, 4.69) is 48.8 Å². The Balaban J connectivity index is 1.75. The third-order valence-corrected chi connectivity index (χ3v) is 5.57. The van der Waals surface area contributed by atoms with Crippen molar-refractivity contribution in [2.45, 2.75) is 29.0 Å². The first-order valence-corrected chi connectivity index (χ1v) is 8.23. The lowest BCUT2D eigenvalue weighted by Crippen LogP contribution is -2.37. The van der Waals surface area contributed by atoms with Crippen LogP contribution in [-0.4, -0.2) is 25.4 Å². The van der Waals surface area contributed by atoms with E-state index in [1.54, 1.807) is 7.11 Å². The predicted octanol–water partition coefficient (Wildman–Crippen LogP) is 3.54. The largest absolute Gasteiger partial charge is 0.496 e. The third kappa shape index (κ3) is 3.09. The van der Waals surface area contributed by atoms with Gasteiger partial charge in [-0.3, -0.25) is 0 Å². The maximum absolute atomic E-state index is 5.48. The Morgan fingerprint density at radius 1 is 1.19 bits per heavy atom. The molecular formula is C18H21NOS. The van der Waals surface area contributed by atoms with Gasteiger partial charge in [0.1, 0.15) is 5.75 Å². The van der Waals surface area contributed by atoms with Crippen molar-refractivity contribution in [1.29, 1.82) is 0 Å². The van der Waals surface area contributed by atoms with Crippen LogP contribution < -0.4 is 10.1 Å². The van der Waals surface area contributed by atoms with Crippen molar-refractivity contribution >= 4 is 11.8 Å². The van der Waals surface area contributed by atoms with Crippen LogP contribution >= 0.6 is 11.8 Å². The summed E-state index contributed by atoms with van der Waals surface area (Å²) in [4.78, 5) is 1.43. The SMILES string of the molecule is CNC(Cc1ccccc1OC)C1Cc2ccccc2S1. The van der Waals surface area contributed by atoms with E-state index in [-0.39, 0.29) is 0 Å².